The summed E-state index contributed by atoms with van der Waals surface area (Å²) in [5.41, 5.74) is 1.17. The van der Waals surface area contributed by atoms with Gasteiger partial charge in [0.1, 0.15) is 22.8 Å². The minimum atomic E-state index is -4.80. The van der Waals surface area contributed by atoms with Crippen molar-refractivity contribution in [2.75, 3.05) is 21.3 Å². The standard InChI is InChI=1S/C32H35NO11S/c1-41-25-14-9-22(10-15-25)32(37,23-11-16-26(42-2)17-12-23)24-13-18-27(43-3)21(19-24)7-5-4-6-8-30(35)44-33-29(34)20-28(31(33)36)45(38,39)40/h9-19,28,37H,4-8,20H2,1-3H3,(H,38,39,40). The maximum Gasteiger partial charge on any atom is 0.333 e. The number of carbonyl (C=O) groups is 3. The van der Waals surface area contributed by atoms with Crippen molar-refractivity contribution in [2.45, 2.75) is 49.4 Å². The Labute approximate surface area is 261 Å². The summed E-state index contributed by atoms with van der Waals surface area (Å²) in [4.78, 5) is 41.0. The fourth-order valence-electron chi connectivity index (χ4n) is 5.18. The van der Waals surface area contributed by atoms with Crippen LogP contribution in [0.25, 0.3) is 0 Å². The van der Waals surface area contributed by atoms with E-state index in [1.807, 2.05) is 6.07 Å². The van der Waals surface area contributed by atoms with E-state index in [1.165, 1.54) is 0 Å². The summed E-state index contributed by atoms with van der Waals surface area (Å²) in [5, 5.41) is 10.5. The van der Waals surface area contributed by atoms with Crippen LogP contribution in [0.15, 0.2) is 66.7 Å². The van der Waals surface area contributed by atoms with Crippen LogP contribution in [0.1, 0.15) is 54.4 Å². The second-order valence-electron chi connectivity index (χ2n) is 10.5. The second-order valence-corrected chi connectivity index (χ2v) is 12.1. The normalized spacial score (nSPS) is 15.2. The van der Waals surface area contributed by atoms with Crippen molar-refractivity contribution in [3.05, 3.63) is 89.0 Å². The highest BCUT2D eigenvalue weighted by molar-refractivity contribution is 7.87. The number of benzene rings is 3. The first-order chi connectivity index (χ1) is 21.4. The third-order valence-corrected chi connectivity index (χ3v) is 8.74. The van der Waals surface area contributed by atoms with Gasteiger partial charge in [-0.05, 0) is 77.9 Å². The number of carbonyl (C=O) groups excluding carboxylic acids is 3. The summed E-state index contributed by atoms with van der Waals surface area (Å²) < 4.78 is 47.9. The Morgan fingerprint density at radius 2 is 1.40 bits per heavy atom. The number of hydroxylamine groups is 2. The van der Waals surface area contributed by atoms with E-state index in [2.05, 4.69) is 0 Å². The lowest BCUT2D eigenvalue weighted by atomic mass is 9.79. The Hall–Kier alpha value is -4.46. The molecule has 0 saturated carbocycles. The average Bonchev–Trinajstić information content (AvgIpc) is 3.33. The van der Waals surface area contributed by atoms with E-state index in [0.717, 1.165) is 5.56 Å². The molecule has 3 aromatic carbocycles. The Kier molecular flexibility index (Phi) is 10.5. The van der Waals surface area contributed by atoms with Gasteiger partial charge in [0.2, 0.25) is 0 Å². The molecule has 0 aliphatic carbocycles. The number of rotatable bonds is 14. The zero-order valence-electron chi connectivity index (χ0n) is 25.1. The van der Waals surface area contributed by atoms with Crippen molar-refractivity contribution in [1.82, 2.24) is 5.06 Å². The van der Waals surface area contributed by atoms with Crippen molar-refractivity contribution in [3.8, 4) is 17.2 Å². The van der Waals surface area contributed by atoms with Crippen LogP contribution < -0.4 is 14.2 Å². The van der Waals surface area contributed by atoms with Crippen LogP contribution in [-0.2, 0) is 41.4 Å². The van der Waals surface area contributed by atoms with Crippen LogP contribution >= 0.6 is 0 Å². The van der Waals surface area contributed by atoms with E-state index >= 15 is 0 Å². The third kappa shape index (κ3) is 7.44. The summed E-state index contributed by atoms with van der Waals surface area (Å²) >= 11 is 0. The molecule has 3 aromatic rings. The first-order valence-electron chi connectivity index (χ1n) is 14.1. The molecule has 2 N–H and O–H groups in total. The number of aryl methyl sites for hydroxylation is 1. The van der Waals surface area contributed by atoms with Gasteiger partial charge in [-0.1, -0.05) is 36.8 Å². The number of hydrogen-bond acceptors (Lipinski definition) is 10. The molecule has 1 atom stereocenters. The van der Waals surface area contributed by atoms with E-state index in [9.17, 15) is 27.9 Å². The van der Waals surface area contributed by atoms with Gasteiger partial charge in [0.15, 0.2) is 5.25 Å². The monoisotopic (exact) mass is 641 g/mol. The van der Waals surface area contributed by atoms with Crippen molar-refractivity contribution >= 4 is 27.9 Å². The van der Waals surface area contributed by atoms with Crippen molar-refractivity contribution in [3.63, 3.8) is 0 Å². The number of aliphatic hydroxyl groups is 1. The summed E-state index contributed by atoms with van der Waals surface area (Å²) in [6.45, 7) is 0. The molecule has 0 bridgehead atoms. The molecular formula is C32H35NO11S. The van der Waals surface area contributed by atoms with Gasteiger partial charge in [-0.25, -0.2) is 4.79 Å². The van der Waals surface area contributed by atoms with Crippen molar-refractivity contribution in [1.29, 1.82) is 0 Å². The molecule has 13 heteroatoms. The van der Waals surface area contributed by atoms with Gasteiger partial charge in [0, 0.05) is 6.42 Å². The van der Waals surface area contributed by atoms with Crippen LogP contribution in [0.4, 0.5) is 0 Å². The van der Waals surface area contributed by atoms with Gasteiger partial charge in [-0.2, -0.15) is 8.42 Å². The van der Waals surface area contributed by atoms with E-state index in [0.29, 0.717) is 59.6 Å². The van der Waals surface area contributed by atoms with E-state index < -0.39 is 45.2 Å². The molecule has 1 fully saturated rings. The average molecular weight is 642 g/mol. The predicted molar refractivity (Wildman–Crippen MR) is 161 cm³/mol. The van der Waals surface area contributed by atoms with E-state index in [4.69, 9.17) is 23.6 Å². The Balaban J connectivity index is 1.45. The quantitative estimate of drug-likeness (QED) is 0.114. The fraction of sp³-hybridized carbons (Fsp3) is 0.344. The number of imide groups is 1. The molecule has 4 rings (SSSR count). The molecule has 0 aromatic heterocycles. The number of nitrogens with zero attached hydrogens (tertiary/aromatic N) is 1. The molecule has 12 nitrogen and oxygen atoms in total. The van der Waals surface area contributed by atoms with Crippen molar-refractivity contribution < 1.29 is 51.5 Å². The lowest BCUT2D eigenvalue weighted by Crippen LogP contribution is -2.36. The molecule has 1 aliphatic heterocycles. The number of hydrogen-bond donors (Lipinski definition) is 2. The first kappa shape index (κ1) is 33.4. The Morgan fingerprint density at radius 1 is 0.844 bits per heavy atom. The summed E-state index contributed by atoms with van der Waals surface area (Å²) in [5.74, 6) is -1.27. The molecule has 1 heterocycles. The van der Waals surface area contributed by atoms with E-state index in [1.54, 1.807) is 82.0 Å². The van der Waals surface area contributed by atoms with Gasteiger partial charge < -0.3 is 24.2 Å². The molecule has 240 valence electrons. The van der Waals surface area contributed by atoms with Gasteiger partial charge in [0.05, 0.1) is 27.8 Å². The summed E-state index contributed by atoms with van der Waals surface area (Å²) in [6.07, 6.45) is 1.19. The van der Waals surface area contributed by atoms with Gasteiger partial charge >= 0.3 is 5.97 Å². The van der Waals surface area contributed by atoms with E-state index in [-0.39, 0.29) is 11.5 Å². The number of ether oxygens (including phenoxy) is 3. The molecule has 1 saturated heterocycles. The lowest BCUT2D eigenvalue weighted by Gasteiger charge is -2.31. The van der Waals surface area contributed by atoms with Crippen LogP contribution in [0, 0.1) is 0 Å². The molecule has 2 amide bonds. The lowest BCUT2D eigenvalue weighted by molar-refractivity contribution is -0.197. The molecular weight excluding hydrogens is 606 g/mol. The van der Waals surface area contributed by atoms with Crippen LogP contribution in [0.3, 0.4) is 0 Å². The molecule has 1 unspecified atom stereocenters. The van der Waals surface area contributed by atoms with Crippen LogP contribution in [0.5, 0.6) is 17.2 Å². The highest BCUT2D eigenvalue weighted by Gasteiger charge is 2.48. The topological polar surface area (TPSA) is 166 Å². The maximum atomic E-state index is 12.4. The summed E-state index contributed by atoms with van der Waals surface area (Å²) in [7, 11) is -0.103. The second kappa shape index (κ2) is 14.1. The maximum absolute atomic E-state index is 12.4. The molecule has 0 radical (unpaired) electrons. The molecule has 45 heavy (non-hydrogen) atoms. The minimum absolute atomic E-state index is 0.101. The smallest absolute Gasteiger partial charge is 0.333 e. The van der Waals surface area contributed by atoms with Gasteiger partial charge in [-0.15, -0.1) is 5.06 Å². The van der Waals surface area contributed by atoms with Crippen LogP contribution in [-0.4, -0.2) is 67.5 Å². The molecule has 1 aliphatic rings. The first-order valence-corrected chi connectivity index (χ1v) is 15.7. The zero-order valence-corrected chi connectivity index (χ0v) is 25.9. The van der Waals surface area contributed by atoms with Gasteiger partial charge in [0.25, 0.3) is 21.9 Å². The molecule has 0 spiro atoms. The van der Waals surface area contributed by atoms with Crippen LogP contribution in [0.2, 0.25) is 0 Å². The van der Waals surface area contributed by atoms with Gasteiger partial charge in [-0.3, -0.25) is 14.1 Å². The summed E-state index contributed by atoms with van der Waals surface area (Å²) in [6, 6.07) is 19.8. The number of methoxy groups -OCH3 is 3. The zero-order chi connectivity index (χ0) is 32.8. The fourth-order valence-corrected chi connectivity index (χ4v) is 5.89. The number of unbranched alkanes of at least 4 members (excludes halogenated alkanes) is 2. The largest absolute Gasteiger partial charge is 0.497 e. The highest BCUT2D eigenvalue weighted by atomic mass is 32.2. The Morgan fingerprint density at radius 3 is 1.89 bits per heavy atom. The Bertz CT molecular complexity index is 1590. The van der Waals surface area contributed by atoms with Crippen molar-refractivity contribution in [2.24, 2.45) is 0 Å². The SMILES string of the molecule is COc1ccc(C(O)(c2ccc(OC)cc2)c2ccc(OC)c(CCCCCC(=O)ON3C(=O)CC(S(=O)(=O)O)C3=O)c2)cc1. The highest BCUT2D eigenvalue weighted by Crippen LogP contribution is 2.40. The minimum Gasteiger partial charge on any atom is -0.497 e. The third-order valence-electron chi connectivity index (χ3n) is 7.66. The predicted octanol–water partition coefficient (Wildman–Crippen LogP) is 3.57. The number of amides is 2.